The summed E-state index contributed by atoms with van der Waals surface area (Å²) in [6.07, 6.45) is 0. The number of nitrogens with one attached hydrogen (secondary N) is 1. The van der Waals surface area contributed by atoms with Gasteiger partial charge in [0.05, 0.1) is 0 Å². The molecule has 2 nitrogen and oxygen atoms in total. The minimum atomic E-state index is 0.572. The maximum Gasteiger partial charge on any atom is 0.0377 e. The van der Waals surface area contributed by atoms with Gasteiger partial charge >= 0.3 is 0 Å². The summed E-state index contributed by atoms with van der Waals surface area (Å²) >= 11 is 0. The Morgan fingerprint density at radius 1 is 1.11 bits per heavy atom. The Bertz CT molecular complexity index is 560. The molecule has 1 atom stereocenters. The van der Waals surface area contributed by atoms with Gasteiger partial charge in [-0.2, -0.15) is 0 Å². The lowest BCUT2D eigenvalue weighted by molar-refractivity contribution is 0.728. The third-order valence-corrected chi connectivity index (χ3v) is 3.91. The van der Waals surface area contributed by atoms with Crippen LogP contribution in [0.2, 0.25) is 0 Å². The van der Waals surface area contributed by atoms with E-state index in [4.69, 9.17) is 0 Å². The van der Waals surface area contributed by atoms with Gasteiger partial charge in [0, 0.05) is 37.4 Å². The molecule has 2 aromatic rings. The highest BCUT2D eigenvalue weighted by atomic mass is 15.1. The van der Waals surface area contributed by atoms with Gasteiger partial charge in [-0.3, -0.25) is 0 Å². The molecule has 3 rings (SSSR count). The molecule has 0 aromatic heterocycles. The maximum atomic E-state index is 3.49. The normalized spacial score (nSPS) is 16.8. The number of rotatable bonds is 3. The summed E-state index contributed by atoms with van der Waals surface area (Å²) in [6, 6.07) is 17.4. The fourth-order valence-electron chi connectivity index (χ4n) is 2.76. The van der Waals surface area contributed by atoms with Crippen LogP contribution in [0, 0.1) is 6.92 Å². The Morgan fingerprint density at radius 3 is 2.63 bits per heavy atom. The van der Waals surface area contributed by atoms with Crippen LogP contribution in [0.1, 0.15) is 17.0 Å². The Labute approximate surface area is 115 Å². The second-order valence-corrected chi connectivity index (χ2v) is 5.38. The van der Waals surface area contributed by atoms with Crippen LogP contribution in [0.3, 0.4) is 0 Å². The molecule has 1 unspecified atom stereocenters. The Kier molecular flexibility index (Phi) is 3.16. The fraction of sp³-hybridized carbons (Fsp3) is 0.294. The zero-order valence-corrected chi connectivity index (χ0v) is 11.6. The Morgan fingerprint density at radius 2 is 1.84 bits per heavy atom. The molecule has 0 saturated carbocycles. The van der Waals surface area contributed by atoms with Crippen LogP contribution < -0.4 is 10.2 Å². The monoisotopic (exact) mass is 252 g/mol. The molecule has 0 fully saturated rings. The van der Waals surface area contributed by atoms with E-state index in [0.717, 1.165) is 13.1 Å². The number of nitrogens with zero attached hydrogens (tertiary/aromatic N) is 1. The number of aryl methyl sites for hydroxylation is 1. The van der Waals surface area contributed by atoms with Gasteiger partial charge in [-0.05, 0) is 30.7 Å². The van der Waals surface area contributed by atoms with Crippen molar-refractivity contribution in [3.8, 4) is 0 Å². The van der Waals surface area contributed by atoms with Crippen LogP contribution in [-0.2, 0) is 0 Å². The van der Waals surface area contributed by atoms with E-state index in [9.17, 15) is 0 Å². The quantitative estimate of drug-likeness (QED) is 0.897. The predicted octanol–water partition coefficient (Wildman–Crippen LogP) is 3.64. The first-order valence-corrected chi connectivity index (χ1v) is 6.84. The van der Waals surface area contributed by atoms with Crippen molar-refractivity contribution in [2.24, 2.45) is 0 Å². The van der Waals surface area contributed by atoms with Gasteiger partial charge in [0.2, 0.25) is 0 Å². The fourth-order valence-corrected chi connectivity index (χ4v) is 2.76. The minimum Gasteiger partial charge on any atom is -0.384 e. The number of fused-ring (bicyclic) bond motifs is 1. The van der Waals surface area contributed by atoms with E-state index in [1.165, 1.54) is 22.5 Å². The van der Waals surface area contributed by atoms with Gasteiger partial charge in [-0.25, -0.2) is 0 Å². The summed E-state index contributed by atoms with van der Waals surface area (Å²) in [7, 11) is 2.17. The molecular weight excluding hydrogens is 232 g/mol. The molecule has 1 N–H and O–H groups in total. The molecule has 0 amide bonds. The molecule has 1 heterocycles. The van der Waals surface area contributed by atoms with Crippen LogP contribution in [0.4, 0.5) is 11.4 Å². The van der Waals surface area contributed by atoms with Crippen molar-refractivity contribution in [2.45, 2.75) is 12.8 Å². The lowest BCUT2D eigenvalue weighted by Crippen LogP contribution is -2.25. The maximum absolute atomic E-state index is 3.49. The first kappa shape index (κ1) is 12.1. The van der Waals surface area contributed by atoms with Crippen molar-refractivity contribution in [3.63, 3.8) is 0 Å². The molecule has 2 aromatic carbocycles. The summed E-state index contributed by atoms with van der Waals surface area (Å²) in [4.78, 5) is 2.34. The van der Waals surface area contributed by atoms with Crippen molar-refractivity contribution < 1.29 is 0 Å². The molecule has 0 aliphatic carbocycles. The molecule has 0 saturated heterocycles. The Hall–Kier alpha value is -1.96. The lowest BCUT2D eigenvalue weighted by atomic mass is 10.0. The van der Waals surface area contributed by atoms with E-state index >= 15 is 0 Å². The summed E-state index contributed by atoms with van der Waals surface area (Å²) in [5, 5.41) is 3.49. The highest BCUT2D eigenvalue weighted by Crippen LogP contribution is 2.32. The molecular formula is C17H20N2. The Balaban J connectivity index is 1.74. The number of benzene rings is 2. The third-order valence-electron chi connectivity index (χ3n) is 3.91. The first-order chi connectivity index (χ1) is 9.24. The van der Waals surface area contributed by atoms with Crippen molar-refractivity contribution in [1.82, 2.24) is 0 Å². The SMILES string of the molecule is Cc1ccc(N(C)CC2CNc3ccccc32)cc1. The highest BCUT2D eigenvalue weighted by molar-refractivity contribution is 5.58. The van der Waals surface area contributed by atoms with E-state index in [-0.39, 0.29) is 0 Å². The van der Waals surface area contributed by atoms with Crippen LogP contribution in [-0.4, -0.2) is 20.1 Å². The van der Waals surface area contributed by atoms with Crippen LogP contribution in [0.5, 0.6) is 0 Å². The molecule has 0 radical (unpaired) electrons. The van der Waals surface area contributed by atoms with Gasteiger partial charge in [-0.1, -0.05) is 35.9 Å². The topological polar surface area (TPSA) is 15.3 Å². The van der Waals surface area contributed by atoms with Crippen molar-refractivity contribution in [2.75, 3.05) is 30.4 Å². The number of hydrogen-bond donors (Lipinski definition) is 1. The number of para-hydroxylation sites is 1. The van der Waals surface area contributed by atoms with Gasteiger partial charge in [-0.15, -0.1) is 0 Å². The molecule has 0 spiro atoms. The smallest absolute Gasteiger partial charge is 0.0377 e. The second kappa shape index (κ2) is 4.96. The van der Waals surface area contributed by atoms with Crippen LogP contribution >= 0.6 is 0 Å². The highest BCUT2D eigenvalue weighted by Gasteiger charge is 2.22. The number of likely N-dealkylation sites (N-methyl/N-ethyl adjacent to an activating group) is 1. The summed E-state index contributed by atoms with van der Waals surface area (Å²) in [5.74, 6) is 0.572. The van der Waals surface area contributed by atoms with E-state index in [2.05, 4.69) is 72.7 Å². The summed E-state index contributed by atoms with van der Waals surface area (Å²) in [5.41, 5.74) is 5.34. The average Bonchev–Trinajstić information content (AvgIpc) is 2.83. The van der Waals surface area contributed by atoms with Crippen LogP contribution in [0.25, 0.3) is 0 Å². The van der Waals surface area contributed by atoms with E-state index < -0.39 is 0 Å². The van der Waals surface area contributed by atoms with E-state index in [1.807, 2.05) is 0 Å². The van der Waals surface area contributed by atoms with Crippen LogP contribution in [0.15, 0.2) is 48.5 Å². The third kappa shape index (κ3) is 2.43. The molecule has 1 aliphatic heterocycles. The van der Waals surface area contributed by atoms with Crippen molar-refractivity contribution in [3.05, 3.63) is 59.7 Å². The second-order valence-electron chi connectivity index (χ2n) is 5.38. The predicted molar refractivity (Wildman–Crippen MR) is 82.1 cm³/mol. The zero-order valence-electron chi connectivity index (χ0n) is 11.6. The molecule has 98 valence electrons. The standard InChI is InChI=1S/C17H20N2/c1-13-7-9-15(10-8-13)19(2)12-14-11-18-17-6-4-3-5-16(14)17/h3-10,14,18H,11-12H2,1-2H3. The minimum absolute atomic E-state index is 0.572. The van der Waals surface area contributed by atoms with Crippen molar-refractivity contribution in [1.29, 1.82) is 0 Å². The zero-order chi connectivity index (χ0) is 13.2. The summed E-state index contributed by atoms with van der Waals surface area (Å²) in [6.45, 7) is 4.21. The molecule has 1 aliphatic rings. The van der Waals surface area contributed by atoms with Gasteiger partial charge in [0.1, 0.15) is 0 Å². The van der Waals surface area contributed by atoms with Gasteiger partial charge in [0.25, 0.3) is 0 Å². The lowest BCUT2D eigenvalue weighted by Gasteiger charge is -2.23. The number of hydrogen-bond acceptors (Lipinski definition) is 2. The summed E-state index contributed by atoms with van der Waals surface area (Å²) < 4.78 is 0. The molecule has 0 bridgehead atoms. The average molecular weight is 252 g/mol. The molecule has 2 heteroatoms. The van der Waals surface area contributed by atoms with Crippen molar-refractivity contribution >= 4 is 11.4 Å². The largest absolute Gasteiger partial charge is 0.384 e. The molecule has 19 heavy (non-hydrogen) atoms. The van der Waals surface area contributed by atoms with Gasteiger partial charge in [0.15, 0.2) is 0 Å². The first-order valence-electron chi connectivity index (χ1n) is 6.84. The van der Waals surface area contributed by atoms with Gasteiger partial charge < -0.3 is 10.2 Å². The van der Waals surface area contributed by atoms with E-state index in [1.54, 1.807) is 0 Å². The van der Waals surface area contributed by atoms with E-state index in [0.29, 0.717) is 5.92 Å². The number of anilines is 2.